The number of hydrogen-bond acceptors (Lipinski definition) is 4. The molecule has 0 atom stereocenters. The lowest BCUT2D eigenvalue weighted by atomic mass is 10.1. The van der Waals surface area contributed by atoms with Crippen LogP contribution in [0.2, 0.25) is 0 Å². The zero-order valence-electron chi connectivity index (χ0n) is 9.57. The normalized spacial score (nSPS) is 15.2. The molecule has 1 aliphatic heterocycles. The molecule has 3 rings (SSSR count). The van der Waals surface area contributed by atoms with Gasteiger partial charge in [0.2, 0.25) is 11.0 Å². The smallest absolute Gasteiger partial charge is 0.254 e. The molecule has 6 nitrogen and oxygen atoms in total. The lowest BCUT2D eigenvalue weighted by molar-refractivity contribution is -0.782. The number of amides is 1. The van der Waals surface area contributed by atoms with Crippen LogP contribution in [0, 0.1) is 5.21 Å². The van der Waals surface area contributed by atoms with Gasteiger partial charge in [-0.25, -0.2) is 0 Å². The van der Waals surface area contributed by atoms with Crippen molar-refractivity contribution in [3.63, 3.8) is 0 Å². The van der Waals surface area contributed by atoms with Crippen LogP contribution in [0.1, 0.15) is 16.8 Å². The molecule has 0 saturated carbocycles. The summed E-state index contributed by atoms with van der Waals surface area (Å²) in [5.74, 6) is -0.0540. The number of hydrogen-bond donors (Lipinski definition) is 0. The first kappa shape index (κ1) is 10.8. The molecule has 0 N–H and O–H groups in total. The first-order chi connectivity index (χ1) is 8.75. The van der Waals surface area contributed by atoms with Crippen molar-refractivity contribution >= 4 is 16.9 Å². The molecule has 0 spiro atoms. The van der Waals surface area contributed by atoms with E-state index in [1.165, 1.54) is 0 Å². The minimum Gasteiger partial charge on any atom is -0.359 e. The number of nitrogens with zero attached hydrogens (tertiary/aromatic N) is 3. The molecule has 1 aromatic heterocycles. The summed E-state index contributed by atoms with van der Waals surface area (Å²) in [6, 6.07) is 4.74. The topological polar surface area (TPSA) is 73.3 Å². The summed E-state index contributed by atoms with van der Waals surface area (Å²) in [6.07, 6.45) is 4.91. The number of aromatic nitrogens is 2. The fourth-order valence-corrected chi connectivity index (χ4v) is 2.02. The van der Waals surface area contributed by atoms with Gasteiger partial charge in [-0.2, -0.15) is 0 Å². The van der Waals surface area contributed by atoms with Crippen molar-refractivity contribution < 1.29 is 14.3 Å². The van der Waals surface area contributed by atoms with Gasteiger partial charge in [-0.3, -0.25) is 9.42 Å². The molecule has 2 heterocycles. The van der Waals surface area contributed by atoms with Crippen molar-refractivity contribution in [1.29, 1.82) is 0 Å². The molecule has 0 unspecified atom stereocenters. The molecular formula is C12H11N3O3. The van der Waals surface area contributed by atoms with Crippen LogP contribution in [-0.2, 0) is 0 Å². The van der Waals surface area contributed by atoms with Gasteiger partial charge < -0.3 is 10.1 Å². The highest BCUT2D eigenvalue weighted by molar-refractivity contribution is 5.97. The highest BCUT2D eigenvalue weighted by Gasteiger charge is 2.18. The predicted molar refractivity (Wildman–Crippen MR) is 62.6 cm³/mol. The molecule has 2 aromatic rings. The highest BCUT2D eigenvalue weighted by Crippen LogP contribution is 2.14. The second-order valence-electron chi connectivity index (χ2n) is 4.14. The predicted octanol–water partition coefficient (Wildman–Crippen LogP) is 0.863. The maximum Gasteiger partial charge on any atom is 0.254 e. The van der Waals surface area contributed by atoms with E-state index in [2.05, 4.69) is 15.9 Å². The molecule has 0 bridgehead atoms. The SMILES string of the molecule is O=C(c1ccc2c(c1)no[n+]2[O-])N1CC=CCC1. The fourth-order valence-electron chi connectivity index (χ4n) is 2.02. The Morgan fingerprint density at radius 1 is 1.44 bits per heavy atom. The minimum atomic E-state index is -0.0540. The third kappa shape index (κ3) is 1.71. The van der Waals surface area contributed by atoms with Gasteiger partial charge in [-0.05, 0) is 23.5 Å². The van der Waals surface area contributed by atoms with E-state index in [0.717, 1.165) is 6.42 Å². The lowest BCUT2D eigenvalue weighted by Gasteiger charge is -2.23. The van der Waals surface area contributed by atoms with Gasteiger partial charge >= 0.3 is 0 Å². The zero-order chi connectivity index (χ0) is 12.5. The maximum absolute atomic E-state index is 12.2. The van der Waals surface area contributed by atoms with Crippen molar-refractivity contribution in [3.8, 4) is 0 Å². The monoisotopic (exact) mass is 245 g/mol. The summed E-state index contributed by atoms with van der Waals surface area (Å²) in [5.41, 5.74) is 1.24. The minimum absolute atomic E-state index is 0.0540. The van der Waals surface area contributed by atoms with Crippen LogP contribution in [0.4, 0.5) is 0 Å². The Labute approximate surface area is 103 Å². The second kappa shape index (κ2) is 4.14. The Morgan fingerprint density at radius 2 is 2.33 bits per heavy atom. The van der Waals surface area contributed by atoms with E-state index in [9.17, 15) is 10.0 Å². The van der Waals surface area contributed by atoms with Crippen LogP contribution >= 0.6 is 0 Å². The first-order valence-corrected chi connectivity index (χ1v) is 5.69. The van der Waals surface area contributed by atoms with Gasteiger partial charge in [0.1, 0.15) is 0 Å². The molecule has 1 amide bonds. The Bertz CT molecular complexity index is 633. The van der Waals surface area contributed by atoms with E-state index in [1.807, 2.05) is 6.08 Å². The number of carbonyl (C=O) groups excluding carboxylic acids is 1. The van der Waals surface area contributed by atoms with Crippen molar-refractivity contribution in [2.75, 3.05) is 13.1 Å². The van der Waals surface area contributed by atoms with E-state index in [0.29, 0.717) is 34.6 Å². The summed E-state index contributed by atoms with van der Waals surface area (Å²) >= 11 is 0. The lowest BCUT2D eigenvalue weighted by Crippen LogP contribution is -2.33. The highest BCUT2D eigenvalue weighted by atomic mass is 16.8. The molecule has 6 heteroatoms. The van der Waals surface area contributed by atoms with E-state index < -0.39 is 0 Å². The zero-order valence-corrected chi connectivity index (χ0v) is 9.57. The van der Waals surface area contributed by atoms with Crippen LogP contribution < -0.4 is 4.90 Å². The van der Waals surface area contributed by atoms with Crippen molar-refractivity contribution in [2.45, 2.75) is 6.42 Å². The molecule has 1 aromatic carbocycles. The first-order valence-electron chi connectivity index (χ1n) is 5.69. The molecule has 1 aliphatic rings. The average Bonchev–Trinajstić information content (AvgIpc) is 2.80. The average molecular weight is 245 g/mol. The quantitative estimate of drug-likeness (QED) is 0.551. The number of carbonyl (C=O) groups is 1. The van der Waals surface area contributed by atoms with Gasteiger partial charge in [-0.1, -0.05) is 12.2 Å². The van der Waals surface area contributed by atoms with Crippen molar-refractivity contribution in [3.05, 3.63) is 41.1 Å². The van der Waals surface area contributed by atoms with Crippen molar-refractivity contribution in [2.24, 2.45) is 0 Å². The van der Waals surface area contributed by atoms with Crippen LogP contribution in [0.15, 0.2) is 35.0 Å². The third-order valence-electron chi connectivity index (χ3n) is 2.98. The Balaban J connectivity index is 1.93. The van der Waals surface area contributed by atoms with Gasteiger partial charge in [0.25, 0.3) is 5.91 Å². The molecule has 0 saturated heterocycles. The molecular weight excluding hydrogens is 234 g/mol. The molecule has 92 valence electrons. The van der Waals surface area contributed by atoms with E-state index in [1.54, 1.807) is 23.1 Å². The number of rotatable bonds is 1. The van der Waals surface area contributed by atoms with Gasteiger partial charge in [0.05, 0.1) is 0 Å². The summed E-state index contributed by atoms with van der Waals surface area (Å²) in [4.78, 5) is 14.3. The Kier molecular flexibility index (Phi) is 2.47. The Hall–Kier alpha value is -2.37. The van der Waals surface area contributed by atoms with E-state index in [-0.39, 0.29) is 5.91 Å². The Morgan fingerprint density at radius 3 is 3.11 bits per heavy atom. The fraction of sp³-hybridized carbons (Fsp3) is 0.250. The standard InChI is InChI=1S/C12H11N3O3/c16-12(14-6-2-1-3-7-14)9-4-5-11-10(8-9)13-18-15(11)17/h1-2,4-5,8H,3,6-7H2. The van der Waals surface area contributed by atoms with Crippen LogP contribution in [0.5, 0.6) is 0 Å². The molecule has 0 radical (unpaired) electrons. The van der Waals surface area contributed by atoms with Gasteiger partial charge in [0, 0.05) is 29.9 Å². The summed E-state index contributed by atoms with van der Waals surface area (Å²) in [7, 11) is 0. The molecule has 18 heavy (non-hydrogen) atoms. The second-order valence-corrected chi connectivity index (χ2v) is 4.14. The van der Waals surface area contributed by atoms with E-state index >= 15 is 0 Å². The molecule has 0 fully saturated rings. The van der Waals surface area contributed by atoms with Crippen LogP contribution in [-0.4, -0.2) is 29.1 Å². The van der Waals surface area contributed by atoms with Gasteiger partial charge in [0.15, 0.2) is 0 Å². The largest absolute Gasteiger partial charge is 0.359 e. The summed E-state index contributed by atoms with van der Waals surface area (Å²) in [5, 5.41) is 14.7. The van der Waals surface area contributed by atoms with Crippen LogP contribution in [0.25, 0.3) is 11.0 Å². The number of fused-ring (bicyclic) bond motifs is 1. The summed E-state index contributed by atoms with van der Waals surface area (Å²) in [6.45, 7) is 1.34. The molecule has 0 aliphatic carbocycles. The van der Waals surface area contributed by atoms with E-state index in [4.69, 9.17) is 0 Å². The van der Waals surface area contributed by atoms with Crippen LogP contribution in [0.3, 0.4) is 0 Å². The summed E-state index contributed by atoms with van der Waals surface area (Å²) < 4.78 is 4.47. The van der Waals surface area contributed by atoms with Crippen molar-refractivity contribution in [1.82, 2.24) is 10.1 Å². The maximum atomic E-state index is 12.2. The van der Waals surface area contributed by atoms with Gasteiger partial charge in [-0.15, -0.1) is 0 Å². The third-order valence-corrected chi connectivity index (χ3v) is 2.98. The number of benzene rings is 1.